The monoisotopic (exact) mass is 550 g/mol. The number of aldehydes is 1. The van der Waals surface area contributed by atoms with Crippen molar-refractivity contribution in [1.29, 1.82) is 0 Å². The number of rotatable bonds is 4. The zero-order valence-corrected chi connectivity index (χ0v) is 26.6. The smallest absolute Gasteiger partial charge is 0.293 e. The first kappa shape index (κ1) is 31.3. The molecular formula is C37H58O3. The van der Waals surface area contributed by atoms with Crippen LogP contribution in [0.25, 0.3) is 0 Å². The number of carbonyl (C=O) groups is 2. The van der Waals surface area contributed by atoms with Crippen LogP contribution in [-0.2, 0) is 20.9 Å². The van der Waals surface area contributed by atoms with Crippen LogP contribution >= 0.6 is 0 Å². The van der Waals surface area contributed by atoms with Gasteiger partial charge in [0.25, 0.3) is 6.47 Å². The third-order valence-electron chi connectivity index (χ3n) is 13.5. The summed E-state index contributed by atoms with van der Waals surface area (Å²) >= 11 is 0. The summed E-state index contributed by atoms with van der Waals surface area (Å²) in [5.41, 5.74) is 3.60. The van der Waals surface area contributed by atoms with Crippen molar-refractivity contribution in [2.45, 2.75) is 132 Å². The molecule has 0 aromatic heterocycles. The first-order valence-electron chi connectivity index (χ1n) is 16.6. The molecule has 3 nitrogen and oxygen atoms in total. The van der Waals surface area contributed by atoms with E-state index in [1.165, 1.54) is 51.4 Å². The van der Waals surface area contributed by atoms with Crippen LogP contribution in [0, 0.1) is 51.2 Å². The van der Waals surface area contributed by atoms with E-state index < -0.39 is 0 Å². The quantitative estimate of drug-likeness (QED) is 0.350. The first-order valence-corrected chi connectivity index (χ1v) is 16.6. The summed E-state index contributed by atoms with van der Waals surface area (Å²) < 4.78 is 4.54. The molecule has 5 fully saturated rings. The fraction of sp³-hybridized carbons (Fsp3) is 0.784. The average molecular weight is 551 g/mol. The van der Waals surface area contributed by atoms with Crippen molar-refractivity contribution in [2.75, 3.05) is 0 Å². The Hall–Kier alpha value is -1.64. The van der Waals surface area contributed by atoms with Crippen molar-refractivity contribution in [3.8, 4) is 0 Å². The van der Waals surface area contributed by atoms with Gasteiger partial charge in [-0.15, -0.1) is 0 Å². The Kier molecular flexibility index (Phi) is 9.94. The molecule has 0 spiro atoms. The van der Waals surface area contributed by atoms with Crippen molar-refractivity contribution in [1.82, 2.24) is 0 Å². The molecule has 6 rings (SSSR count). The zero-order valence-electron chi connectivity index (χ0n) is 26.6. The lowest BCUT2D eigenvalue weighted by molar-refractivity contribution is -0.224. The van der Waals surface area contributed by atoms with Gasteiger partial charge in [-0.25, -0.2) is 0 Å². The predicted octanol–water partition coefficient (Wildman–Crippen LogP) is 9.82. The third-order valence-corrected chi connectivity index (χ3v) is 13.5. The van der Waals surface area contributed by atoms with Gasteiger partial charge in [0.15, 0.2) is 0 Å². The number of hydrogen-bond acceptors (Lipinski definition) is 3. The largest absolute Gasteiger partial charge is 0.463 e. The number of hydrogen-bond donors (Lipinski definition) is 0. The summed E-state index contributed by atoms with van der Waals surface area (Å²) in [7, 11) is 0. The fourth-order valence-electron chi connectivity index (χ4n) is 11.3. The van der Waals surface area contributed by atoms with Gasteiger partial charge in [-0.05, 0) is 115 Å². The molecule has 40 heavy (non-hydrogen) atoms. The van der Waals surface area contributed by atoms with Gasteiger partial charge in [0.1, 0.15) is 12.9 Å². The molecule has 5 saturated carbocycles. The Morgan fingerprint density at radius 1 is 0.775 bits per heavy atom. The van der Waals surface area contributed by atoms with Gasteiger partial charge < -0.3 is 9.53 Å². The third kappa shape index (κ3) is 5.57. The van der Waals surface area contributed by atoms with Crippen LogP contribution < -0.4 is 0 Å². The molecule has 1 aromatic carbocycles. The van der Waals surface area contributed by atoms with Crippen molar-refractivity contribution in [3.63, 3.8) is 0 Å². The van der Waals surface area contributed by atoms with Gasteiger partial charge in [0.2, 0.25) is 0 Å². The van der Waals surface area contributed by atoms with Crippen molar-refractivity contribution in [2.24, 2.45) is 51.2 Å². The SMILES string of the molecule is CC1CCCC2(C)C1CCC1(C)C2CCC2C3CCCC3(C)CC[C@]21C.CCC=O.O=COCc1ccccc1. The highest BCUT2D eigenvalue weighted by Gasteiger charge is 2.67. The van der Waals surface area contributed by atoms with Crippen LogP contribution in [0.2, 0.25) is 0 Å². The molecule has 8 unspecified atom stereocenters. The topological polar surface area (TPSA) is 43.4 Å². The number of ether oxygens (including phenoxy) is 1. The summed E-state index contributed by atoms with van der Waals surface area (Å²) in [6.07, 6.45) is 19.9. The minimum Gasteiger partial charge on any atom is -0.463 e. The van der Waals surface area contributed by atoms with Crippen molar-refractivity contribution >= 4 is 12.8 Å². The molecule has 3 heteroatoms. The molecule has 9 atom stereocenters. The predicted molar refractivity (Wildman–Crippen MR) is 165 cm³/mol. The van der Waals surface area contributed by atoms with Crippen LogP contribution in [0.5, 0.6) is 0 Å². The normalized spacial score (nSPS) is 43.1. The van der Waals surface area contributed by atoms with Gasteiger partial charge in [-0.1, -0.05) is 91.1 Å². The maximum Gasteiger partial charge on any atom is 0.293 e. The molecular weight excluding hydrogens is 492 g/mol. The van der Waals surface area contributed by atoms with Crippen molar-refractivity contribution in [3.05, 3.63) is 35.9 Å². The Morgan fingerprint density at radius 2 is 1.48 bits per heavy atom. The second-order valence-corrected chi connectivity index (χ2v) is 15.2. The highest BCUT2D eigenvalue weighted by molar-refractivity contribution is 5.48. The molecule has 0 heterocycles. The van der Waals surface area contributed by atoms with Crippen LogP contribution in [0.1, 0.15) is 131 Å². The lowest BCUT2D eigenvalue weighted by Crippen LogP contribution is -2.64. The number of benzene rings is 1. The second-order valence-electron chi connectivity index (χ2n) is 15.2. The number of fused-ring (bicyclic) bond motifs is 7. The van der Waals surface area contributed by atoms with Crippen LogP contribution in [-0.4, -0.2) is 12.8 Å². The zero-order chi connectivity index (χ0) is 29.0. The molecule has 1 aromatic rings. The minimum atomic E-state index is 0.365. The van der Waals surface area contributed by atoms with Gasteiger partial charge in [-0.2, -0.15) is 0 Å². The van der Waals surface area contributed by atoms with Crippen LogP contribution in [0.3, 0.4) is 0 Å². The molecule has 0 aliphatic heterocycles. The van der Waals surface area contributed by atoms with Crippen LogP contribution in [0.15, 0.2) is 30.3 Å². The fourth-order valence-corrected chi connectivity index (χ4v) is 11.3. The van der Waals surface area contributed by atoms with E-state index in [-0.39, 0.29) is 0 Å². The lowest BCUT2D eigenvalue weighted by Gasteiger charge is -2.71. The number of carbonyl (C=O) groups excluding carboxylic acids is 2. The highest BCUT2D eigenvalue weighted by atomic mass is 16.5. The van der Waals surface area contributed by atoms with E-state index in [1.807, 2.05) is 37.3 Å². The van der Waals surface area contributed by atoms with E-state index in [9.17, 15) is 9.59 Å². The lowest BCUT2D eigenvalue weighted by atomic mass is 9.33. The molecule has 5 aliphatic rings. The Morgan fingerprint density at radius 3 is 2.15 bits per heavy atom. The summed E-state index contributed by atoms with van der Waals surface area (Å²) in [5, 5.41) is 0. The van der Waals surface area contributed by atoms with E-state index in [1.54, 1.807) is 25.7 Å². The summed E-state index contributed by atoms with van der Waals surface area (Å²) in [5.74, 6) is 5.09. The molecule has 224 valence electrons. The molecule has 0 radical (unpaired) electrons. The molecule has 0 amide bonds. The highest BCUT2D eigenvalue weighted by Crippen LogP contribution is 2.75. The Balaban J connectivity index is 0.000000220. The first-order chi connectivity index (χ1) is 19.1. The van der Waals surface area contributed by atoms with Gasteiger partial charge in [-0.3, -0.25) is 4.79 Å². The van der Waals surface area contributed by atoms with Crippen LogP contribution in [0.4, 0.5) is 0 Å². The van der Waals surface area contributed by atoms with E-state index >= 15 is 0 Å². The van der Waals surface area contributed by atoms with E-state index in [2.05, 4.69) is 39.4 Å². The second kappa shape index (κ2) is 12.7. The molecule has 0 saturated heterocycles. The Bertz CT molecular complexity index is 975. The molecule has 0 N–H and O–H groups in total. The molecule has 5 aliphatic carbocycles. The van der Waals surface area contributed by atoms with Crippen molar-refractivity contribution < 1.29 is 14.3 Å². The minimum absolute atomic E-state index is 0.365. The summed E-state index contributed by atoms with van der Waals surface area (Å²) in [6, 6.07) is 9.55. The maximum absolute atomic E-state index is 9.76. The van der Waals surface area contributed by atoms with Gasteiger partial charge >= 0.3 is 0 Å². The van der Waals surface area contributed by atoms with E-state index in [0.717, 1.165) is 41.4 Å². The summed E-state index contributed by atoms with van der Waals surface area (Å²) in [6.45, 7) is 16.2. The molecule has 0 bridgehead atoms. The van der Waals surface area contributed by atoms with E-state index in [0.29, 0.717) is 41.2 Å². The average Bonchev–Trinajstić information content (AvgIpc) is 3.35. The summed E-state index contributed by atoms with van der Waals surface area (Å²) in [4.78, 5) is 18.9. The van der Waals surface area contributed by atoms with Gasteiger partial charge in [0.05, 0.1) is 0 Å². The van der Waals surface area contributed by atoms with E-state index in [4.69, 9.17) is 0 Å². The standard InChI is InChI=1S/C26H44.C8H8O2.C3H6O/c1-18-8-6-14-24(3)19(18)12-15-26(5)22(24)11-10-21-20-9-7-13-23(20,2)16-17-25(21,26)4;9-7-10-6-8-4-2-1-3-5-8;1-2-3-4/h18-22H,6-17H2,1-5H3;1-5,7H,6H2;3H,2H2,1H3/t18?,19?,20?,21?,22?,23?,24?,25-,26?;;/m1../s1. The van der Waals surface area contributed by atoms with Gasteiger partial charge in [0, 0.05) is 6.42 Å². The maximum atomic E-state index is 9.76. The Labute approximate surface area is 245 Å².